The molecule has 20 heavy (non-hydrogen) atoms. The van der Waals surface area contributed by atoms with E-state index >= 15 is 0 Å². The number of aryl methyl sites for hydroxylation is 1. The van der Waals surface area contributed by atoms with Crippen molar-refractivity contribution in [1.82, 2.24) is 14.7 Å². The Morgan fingerprint density at radius 2 is 2.20 bits per heavy atom. The number of nitrogens with one attached hydrogen (secondary N) is 1. The summed E-state index contributed by atoms with van der Waals surface area (Å²) < 4.78 is 6.86. The number of aromatic nitrogens is 2. The zero-order chi connectivity index (χ0) is 14.9. The fourth-order valence-electron chi connectivity index (χ4n) is 2.35. The van der Waals surface area contributed by atoms with E-state index in [0.717, 1.165) is 5.70 Å². The first-order valence-corrected chi connectivity index (χ1v) is 6.76. The summed E-state index contributed by atoms with van der Waals surface area (Å²) in [5, 5.41) is 2.90. The number of hydrogen-bond acceptors (Lipinski definition) is 3. The van der Waals surface area contributed by atoms with Crippen molar-refractivity contribution >= 4 is 6.08 Å². The molecule has 0 aliphatic carbocycles. The van der Waals surface area contributed by atoms with Crippen LogP contribution in [-0.4, -0.2) is 28.3 Å². The van der Waals surface area contributed by atoms with Gasteiger partial charge in [-0.3, -0.25) is 14.6 Å². The Morgan fingerprint density at radius 1 is 1.50 bits per heavy atom. The van der Waals surface area contributed by atoms with Crippen molar-refractivity contribution in [3.05, 3.63) is 39.1 Å². The zero-order valence-corrected chi connectivity index (χ0v) is 12.7. The lowest BCUT2D eigenvalue weighted by atomic mass is 10.1. The molecule has 5 nitrogen and oxygen atoms in total. The van der Waals surface area contributed by atoms with Crippen molar-refractivity contribution < 1.29 is 4.74 Å². The second-order valence-electron chi connectivity index (χ2n) is 4.98. The number of rotatable bonds is 3. The summed E-state index contributed by atoms with van der Waals surface area (Å²) in [7, 11) is 3.68. The molecule has 0 radical (unpaired) electrons. The molecule has 1 atom stereocenters. The van der Waals surface area contributed by atoms with Crippen LogP contribution in [0.1, 0.15) is 26.3 Å². The molecule has 108 valence electrons. The molecule has 1 N–H and O–H groups in total. The highest BCUT2D eigenvalue weighted by molar-refractivity contribution is 5.54. The highest BCUT2D eigenvalue weighted by Gasteiger charge is 2.20. The first-order chi connectivity index (χ1) is 9.45. The van der Waals surface area contributed by atoms with Crippen LogP contribution in [0.5, 0.6) is 5.88 Å². The summed E-state index contributed by atoms with van der Waals surface area (Å²) in [4.78, 5) is 14.1. The molecule has 1 aromatic rings. The molecule has 1 aliphatic heterocycles. The topological polar surface area (TPSA) is 50.3 Å². The first-order valence-electron chi connectivity index (χ1n) is 6.76. The van der Waals surface area contributed by atoms with E-state index < -0.39 is 0 Å². The van der Waals surface area contributed by atoms with Gasteiger partial charge in [0.05, 0.1) is 12.3 Å². The van der Waals surface area contributed by atoms with Gasteiger partial charge >= 0.3 is 0 Å². The fourth-order valence-corrected chi connectivity index (χ4v) is 2.35. The minimum Gasteiger partial charge on any atom is -0.478 e. The molecule has 2 heterocycles. The van der Waals surface area contributed by atoms with Gasteiger partial charge in [-0.1, -0.05) is 18.7 Å². The van der Waals surface area contributed by atoms with Gasteiger partial charge in [0, 0.05) is 31.8 Å². The van der Waals surface area contributed by atoms with Crippen LogP contribution in [0.2, 0.25) is 0 Å². The Hall–Kier alpha value is -2.13. The van der Waals surface area contributed by atoms with Crippen LogP contribution >= 0.6 is 0 Å². The molecule has 1 unspecified atom stereocenters. The minimum absolute atomic E-state index is 0.112. The molecule has 0 fully saturated rings. The van der Waals surface area contributed by atoms with Gasteiger partial charge in [-0.15, -0.1) is 0 Å². The van der Waals surface area contributed by atoms with E-state index in [0.29, 0.717) is 24.0 Å². The number of nitrogens with zero attached hydrogens (tertiary/aromatic N) is 2. The van der Waals surface area contributed by atoms with E-state index in [-0.39, 0.29) is 5.56 Å². The van der Waals surface area contributed by atoms with Gasteiger partial charge in [-0.25, -0.2) is 0 Å². The third kappa shape index (κ3) is 2.45. The van der Waals surface area contributed by atoms with Gasteiger partial charge in [0.25, 0.3) is 5.56 Å². The van der Waals surface area contributed by atoms with Crippen LogP contribution in [0, 0.1) is 5.92 Å². The quantitative estimate of drug-likeness (QED) is 0.859. The summed E-state index contributed by atoms with van der Waals surface area (Å²) in [6, 6.07) is 0. The maximum absolute atomic E-state index is 12.0. The van der Waals surface area contributed by atoms with E-state index in [2.05, 4.69) is 35.7 Å². The zero-order valence-electron chi connectivity index (χ0n) is 12.7. The molecule has 0 aromatic carbocycles. The predicted octanol–water partition coefficient (Wildman–Crippen LogP) is 2.09. The lowest BCUT2D eigenvalue weighted by Crippen LogP contribution is -2.13. The van der Waals surface area contributed by atoms with Gasteiger partial charge in [-0.05, 0) is 13.8 Å². The maximum Gasteiger partial charge on any atom is 0.278 e. The highest BCUT2D eigenvalue weighted by Crippen LogP contribution is 2.27. The molecular formula is C15H21N3O2. The Morgan fingerprint density at radius 3 is 2.75 bits per heavy atom. The summed E-state index contributed by atoms with van der Waals surface area (Å²) in [6.45, 7) is 6.57. The largest absolute Gasteiger partial charge is 0.478 e. The van der Waals surface area contributed by atoms with Gasteiger partial charge in [0.15, 0.2) is 0 Å². The first kappa shape index (κ1) is 14.3. The van der Waals surface area contributed by atoms with Crippen molar-refractivity contribution in [3.8, 4) is 5.88 Å². The summed E-state index contributed by atoms with van der Waals surface area (Å²) in [5.74, 6) is 0.792. The van der Waals surface area contributed by atoms with Crippen LogP contribution in [0.3, 0.4) is 0 Å². The van der Waals surface area contributed by atoms with Gasteiger partial charge in [-0.2, -0.15) is 0 Å². The number of H-pyrrole nitrogens is 1. The SMILES string of the molecule is CCOc1[nH]n(C)c(=O)c1C=C=C1C(C)C=C(C)N1C. The second kappa shape index (κ2) is 5.47. The van der Waals surface area contributed by atoms with Crippen molar-refractivity contribution in [2.24, 2.45) is 13.0 Å². The lowest BCUT2D eigenvalue weighted by Gasteiger charge is -2.15. The average Bonchev–Trinajstić information content (AvgIpc) is 2.79. The van der Waals surface area contributed by atoms with Crippen LogP contribution in [0.25, 0.3) is 6.08 Å². The monoisotopic (exact) mass is 275 g/mol. The van der Waals surface area contributed by atoms with E-state index in [1.165, 1.54) is 10.4 Å². The molecule has 1 aliphatic rings. The van der Waals surface area contributed by atoms with Gasteiger partial charge in [0.2, 0.25) is 5.88 Å². The number of allylic oxidation sites excluding steroid dienone is 2. The van der Waals surface area contributed by atoms with Crippen molar-refractivity contribution in [3.63, 3.8) is 0 Å². The third-order valence-electron chi connectivity index (χ3n) is 3.51. The smallest absolute Gasteiger partial charge is 0.278 e. The van der Waals surface area contributed by atoms with E-state index in [1.807, 2.05) is 14.0 Å². The van der Waals surface area contributed by atoms with Crippen molar-refractivity contribution in [2.45, 2.75) is 20.8 Å². The maximum atomic E-state index is 12.0. The molecule has 0 bridgehead atoms. The van der Waals surface area contributed by atoms with E-state index in [4.69, 9.17) is 4.74 Å². The molecule has 2 rings (SSSR count). The Kier molecular flexibility index (Phi) is 3.91. The Balaban J connectivity index is 2.44. The van der Waals surface area contributed by atoms with Crippen LogP contribution in [0.4, 0.5) is 0 Å². The van der Waals surface area contributed by atoms with Crippen molar-refractivity contribution in [1.29, 1.82) is 0 Å². The Bertz CT molecular complexity index is 657. The van der Waals surface area contributed by atoms with E-state index in [1.54, 1.807) is 13.1 Å². The third-order valence-corrected chi connectivity index (χ3v) is 3.51. The summed E-state index contributed by atoms with van der Waals surface area (Å²) >= 11 is 0. The summed E-state index contributed by atoms with van der Waals surface area (Å²) in [5.41, 5.74) is 5.87. The average molecular weight is 275 g/mol. The highest BCUT2D eigenvalue weighted by atomic mass is 16.5. The molecular weight excluding hydrogens is 254 g/mol. The number of hydrogen-bond donors (Lipinski definition) is 1. The normalized spacial score (nSPS) is 18.1. The molecule has 0 spiro atoms. The van der Waals surface area contributed by atoms with Gasteiger partial charge < -0.3 is 9.64 Å². The van der Waals surface area contributed by atoms with Gasteiger partial charge in [0.1, 0.15) is 5.56 Å². The molecule has 1 aromatic heterocycles. The predicted molar refractivity (Wildman–Crippen MR) is 79.4 cm³/mol. The molecule has 0 amide bonds. The molecule has 0 saturated carbocycles. The van der Waals surface area contributed by atoms with Crippen LogP contribution < -0.4 is 10.3 Å². The Labute approximate surface area is 118 Å². The van der Waals surface area contributed by atoms with Crippen molar-refractivity contribution in [2.75, 3.05) is 13.7 Å². The fraction of sp³-hybridized carbons (Fsp3) is 0.467. The number of aromatic amines is 1. The lowest BCUT2D eigenvalue weighted by molar-refractivity contribution is 0.322. The molecule has 5 heteroatoms. The standard InChI is InChI=1S/C15H21N3O2/c1-6-20-14-12(15(19)18(5)16-14)7-8-13-10(2)9-11(3)17(13)4/h7,9-10,16H,6H2,1-5H3. The second-order valence-corrected chi connectivity index (χ2v) is 4.98. The van der Waals surface area contributed by atoms with E-state index in [9.17, 15) is 4.79 Å². The van der Waals surface area contributed by atoms with Crippen LogP contribution in [0.15, 0.2) is 28.0 Å². The van der Waals surface area contributed by atoms with Crippen LogP contribution in [-0.2, 0) is 7.05 Å². The molecule has 0 saturated heterocycles. The number of ether oxygens (including phenoxy) is 1. The minimum atomic E-state index is -0.112. The summed E-state index contributed by atoms with van der Waals surface area (Å²) in [6.07, 6.45) is 3.88.